The number of hydrogen-bond donors (Lipinski definition) is 1. The zero-order valence-electron chi connectivity index (χ0n) is 12.5. The topological polar surface area (TPSA) is 67.9 Å². The van der Waals surface area contributed by atoms with Gasteiger partial charge >= 0.3 is 0 Å². The van der Waals surface area contributed by atoms with E-state index in [1.807, 2.05) is 13.8 Å². The minimum Gasteiger partial charge on any atom is -0.454 e. The van der Waals surface area contributed by atoms with Crippen molar-refractivity contribution in [3.63, 3.8) is 0 Å². The highest BCUT2D eigenvalue weighted by atomic mass is 16.7. The van der Waals surface area contributed by atoms with E-state index in [0.29, 0.717) is 17.2 Å². The highest BCUT2D eigenvalue weighted by Crippen LogP contribution is 2.34. The van der Waals surface area contributed by atoms with Crippen LogP contribution in [0.2, 0.25) is 0 Å². The maximum Gasteiger partial charge on any atom is 0.244 e. The number of nitrogens with one attached hydrogen (secondary N) is 1. The van der Waals surface area contributed by atoms with Crippen LogP contribution in [-0.4, -0.2) is 36.1 Å². The number of rotatable bonds is 5. The molecule has 0 fully saturated rings. The van der Waals surface area contributed by atoms with E-state index in [1.165, 1.54) is 6.92 Å². The number of fused-ring (bicyclic) bond motifs is 1. The summed E-state index contributed by atoms with van der Waals surface area (Å²) in [6.45, 7) is 5.61. The van der Waals surface area contributed by atoms with Gasteiger partial charge < -0.3 is 19.7 Å². The molecule has 1 atom stereocenters. The van der Waals surface area contributed by atoms with Crippen molar-refractivity contribution < 1.29 is 19.1 Å². The largest absolute Gasteiger partial charge is 0.454 e. The third-order valence-electron chi connectivity index (χ3n) is 3.50. The van der Waals surface area contributed by atoms with Gasteiger partial charge in [0, 0.05) is 24.7 Å². The van der Waals surface area contributed by atoms with Crippen molar-refractivity contribution in [3.8, 4) is 11.5 Å². The van der Waals surface area contributed by atoms with E-state index in [4.69, 9.17) is 9.47 Å². The number of nitrogens with zero attached hydrogens (tertiary/aromatic N) is 1. The Morgan fingerprint density at radius 1 is 1.33 bits per heavy atom. The Hall–Kier alpha value is -2.24. The van der Waals surface area contributed by atoms with Crippen LogP contribution in [0.4, 0.5) is 5.69 Å². The first-order chi connectivity index (χ1) is 10.0. The fraction of sp³-hybridized carbons (Fsp3) is 0.467. The molecule has 1 N–H and O–H groups in total. The van der Waals surface area contributed by atoms with Crippen LogP contribution in [0.1, 0.15) is 27.2 Å². The van der Waals surface area contributed by atoms with E-state index in [-0.39, 0.29) is 31.2 Å². The van der Waals surface area contributed by atoms with Crippen molar-refractivity contribution in [1.29, 1.82) is 0 Å². The lowest BCUT2D eigenvalue weighted by Gasteiger charge is -2.26. The Morgan fingerprint density at radius 2 is 2.05 bits per heavy atom. The zero-order chi connectivity index (χ0) is 15.4. The highest BCUT2D eigenvalue weighted by Gasteiger charge is 2.19. The number of anilines is 1. The van der Waals surface area contributed by atoms with Crippen LogP contribution in [0.25, 0.3) is 0 Å². The molecular weight excluding hydrogens is 272 g/mol. The third-order valence-corrected chi connectivity index (χ3v) is 3.50. The predicted octanol–water partition coefficient (Wildman–Crippen LogP) is 2.00. The zero-order valence-corrected chi connectivity index (χ0v) is 12.5. The van der Waals surface area contributed by atoms with Gasteiger partial charge in [0.2, 0.25) is 18.6 Å². The molecule has 114 valence electrons. The number of carbonyl (C=O) groups excluding carboxylic acids is 2. The van der Waals surface area contributed by atoms with E-state index >= 15 is 0 Å². The van der Waals surface area contributed by atoms with Crippen molar-refractivity contribution in [1.82, 2.24) is 4.90 Å². The summed E-state index contributed by atoms with van der Waals surface area (Å²) in [5.41, 5.74) is 0.622. The first-order valence-corrected chi connectivity index (χ1v) is 6.98. The molecule has 6 heteroatoms. The van der Waals surface area contributed by atoms with Crippen LogP contribution in [0.3, 0.4) is 0 Å². The molecular formula is C15H20N2O4. The van der Waals surface area contributed by atoms with E-state index in [1.54, 1.807) is 23.1 Å². The van der Waals surface area contributed by atoms with Gasteiger partial charge in [-0.3, -0.25) is 9.59 Å². The molecule has 6 nitrogen and oxygen atoms in total. The predicted molar refractivity (Wildman–Crippen MR) is 78.3 cm³/mol. The first-order valence-electron chi connectivity index (χ1n) is 6.98. The number of amides is 2. The SMILES string of the molecule is CCC(C)N(CC(=O)Nc1ccc2c(c1)OCO2)C(C)=O. The Balaban J connectivity index is 1.99. The molecule has 0 bridgehead atoms. The Bertz CT molecular complexity index is 544. The molecule has 0 aliphatic carbocycles. The molecule has 0 aromatic heterocycles. The van der Waals surface area contributed by atoms with E-state index in [0.717, 1.165) is 6.42 Å². The number of carbonyl (C=O) groups is 2. The molecule has 1 unspecified atom stereocenters. The highest BCUT2D eigenvalue weighted by molar-refractivity contribution is 5.94. The minimum absolute atomic E-state index is 0.0324. The second-order valence-electron chi connectivity index (χ2n) is 5.02. The van der Waals surface area contributed by atoms with Crippen LogP contribution in [0.5, 0.6) is 11.5 Å². The Kier molecular flexibility index (Phi) is 4.67. The summed E-state index contributed by atoms with van der Waals surface area (Å²) in [6, 6.07) is 5.23. The summed E-state index contributed by atoms with van der Waals surface area (Å²) < 4.78 is 10.5. The van der Waals surface area contributed by atoms with Gasteiger partial charge in [-0.25, -0.2) is 0 Å². The van der Waals surface area contributed by atoms with Crippen LogP contribution >= 0.6 is 0 Å². The average molecular weight is 292 g/mol. The van der Waals surface area contributed by atoms with Crippen molar-refractivity contribution in [2.24, 2.45) is 0 Å². The van der Waals surface area contributed by atoms with Gasteiger partial charge in [0.25, 0.3) is 0 Å². The quantitative estimate of drug-likeness (QED) is 0.901. The number of ether oxygens (including phenoxy) is 2. The van der Waals surface area contributed by atoms with Gasteiger partial charge in [-0.05, 0) is 25.5 Å². The Labute approximate surface area is 124 Å². The fourth-order valence-electron chi connectivity index (χ4n) is 2.13. The lowest BCUT2D eigenvalue weighted by Crippen LogP contribution is -2.42. The summed E-state index contributed by atoms with van der Waals surface area (Å²) in [5.74, 6) is 0.936. The van der Waals surface area contributed by atoms with Crippen molar-refractivity contribution in [2.75, 3.05) is 18.7 Å². The monoisotopic (exact) mass is 292 g/mol. The molecule has 0 saturated carbocycles. The number of benzene rings is 1. The summed E-state index contributed by atoms with van der Waals surface area (Å²) >= 11 is 0. The van der Waals surface area contributed by atoms with E-state index in [2.05, 4.69) is 5.32 Å². The van der Waals surface area contributed by atoms with Crippen molar-refractivity contribution in [3.05, 3.63) is 18.2 Å². The molecule has 1 aliphatic heterocycles. The summed E-state index contributed by atoms with van der Waals surface area (Å²) in [7, 11) is 0. The minimum atomic E-state index is -0.232. The Morgan fingerprint density at radius 3 is 2.71 bits per heavy atom. The van der Waals surface area contributed by atoms with Gasteiger partial charge in [-0.2, -0.15) is 0 Å². The molecule has 1 aliphatic rings. The normalized spacial score (nSPS) is 13.7. The van der Waals surface area contributed by atoms with E-state index < -0.39 is 0 Å². The van der Waals surface area contributed by atoms with Gasteiger partial charge in [0.15, 0.2) is 11.5 Å². The summed E-state index contributed by atoms with van der Waals surface area (Å²) in [4.78, 5) is 25.2. The molecule has 2 amide bonds. The molecule has 1 aromatic carbocycles. The van der Waals surface area contributed by atoms with Crippen molar-refractivity contribution >= 4 is 17.5 Å². The molecule has 2 rings (SSSR count). The van der Waals surface area contributed by atoms with Gasteiger partial charge in [-0.15, -0.1) is 0 Å². The smallest absolute Gasteiger partial charge is 0.244 e. The molecule has 0 spiro atoms. The van der Waals surface area contributed by atoms with Crippen LogP contribution in [0, 0.1) is 0 Å². The first kappa shape index (κ1) is 15.2. The van der Waals surface area contributed by atoms with Gasteiger partial charge in [0.1, 0.15) is 6.54 Å². The molecule has 21 heavy (non-hydrogen) atoms. The van der Waals surface area contributed by atoms with Gasteiger partial charge in [-0.1, -0.05) is 6.92 Å². The molecule has 1 aromatic rings. The maximum atomic E-state index is 12.1. The number of hydrogen-bond acceptors (Lipinski definition) is 4. The molecule has 1 heterocycles. The lowest BCUT2D eigenvalue weighted by molar-refractivity contribution is -0.134. The summed E-state index contributed by atoms with van der Waals surface area (Å²) in [5, 5.41) is 2.77. The lowest BCUT2D eigenvalue weighted by atomic mass is 10.2. The van der Waals surface area contributed by atoms with Crippen LogP contribution in [-0.2, 0) is 9.59 Å². The summed E-state index contributed by atoms with van der Waals surface area (Å²) in [6.07, 6.45) is 0.802. The second kappa shape index (κ2) is 6.47. The average Bonchev–Trinajstić information content (AvgIpc) is 2.91. The molecule has 0 radical (unpaired) electrons. The standard InChI is InChI=1S/C15H20N2O4/c1-4-10(2)17(11(3)18)8-15(19)16-12-5-6-13-14(7-12)21-9-20-13/h5-7,10H,4,8-9H2,1-3H3,(H,16,19). The van der Waals surface area contributed by atoms with Gasteiger partial charge in [0.05, 0.1) is 0 Å². The van der Waals surface area contributed by atoms with Crippen LogP contribution < -0.4 is 14.8 Å². The fourth-order valence-corrected chi connectivity index (χ4v) is 2.13. The van der Waals surface area contributed by atoms with Crippen LogP contribution in [0.15, 0.2) is 18.2 Å². The van der Waals surface area contributed by atoms with E-state index in [9.17, 15) is 9.59 Å². The second-order valence-corrected chi connectivity index (χ2v) is 5.02. The van der Waals surface area contributed by atoms with Crippen molar-refractivity contribution in [2.45, 2.75) is 33.2 Å². The maximum absolute atomic E-state index is 12.1. The molecule has 0 saturated heterocycles. The third kappa shape index (κ3) is 3.65.